The summed E-state index contributed by atoms with van der Waals surface area (Å²) in [6.45, 7) is 7.21. The fourth-order valence-electron chi connectivity index (χ4n) is 1.79. The summed E-state index contributed by atoms with van der Waals surface area (Å²) in [6.07, 6.45) is 3.89. The SMILES string of the molecule is CC(C)C(N)CCN(C)C(C)c1cncc(F)c1. The monoisotopic (exact) mass is 253 g/mol. The van der Waals surface area contributed by atoms with Crippen LogP contribution in [0, 0.1) is 11.7 Å². The van der Waals surface area contributed by atoms with Crippen LogP contribution in [-0.4, -0.2) is 29.5 Å². The maximum atomic E-state index is 13.1. The molecular weight excluding hydrogens is 229 g/mol. The van der Waals surface area contributed by atoms with Gasteiger partial charge in [-0.3, -0.25) is 9.88 Å². The van der Waals surface area contributed by atoms with Gasteiger partial charge in [0.1, 0.15) is 5.82 Å². The molecule has 2 unspecified atom stereocenters. The molecule has 0 aliphatic carbocycles. The van der Waals surface area contributed by atoms with Crippen LogP contribution in [0.3, 0.4) is 0 Å². The van der Waals surface area contributed by atoms with Crippen molar-refractivity contribution in [3.05, 3.63) is 29.8 Å². The highest BCUT2D eigenvalue weighted by atomic mass is 19.1. The van der Waals surface area contributed by atoms with E-state index >= 15 is 0 Å². The third-order valence-electron chi connectivity index (χ3n) is 3.54. The predicted octanol–water partition coefficient (Wildman–Crippen LogP) is 2.59. The van der Waals surface area contributed by atoms with Gasteiger partial charge in [-0.25, -0.2) is 4.39 Å². The Labute approximate surface area is 109 Å². The number of pyridine rings is 1. The van der Waals surface area contributed by atoms with E-state index in [4.69, 9.17) is 5.73 Å². The lowest BCUT2D eigenvalue weighted by Crippen LogP contribution is -2.33. The lowest BCUT2D eigenvalue weighted by atomic mass is 10.0. The Morgan fingerprint density at radius 3 is 2.56 bits per heavy atom. The Bertz CT molecular complexity index is 368. The molecule has 0 radical (unpaired) electrons. The zero-order valence-corrected chi connectivity index (χ0v) is 11.7. The minimum Gasteiger partial charge on any atom is -0.327 e. The number of aromatic nitrogens is 1. The third kappa shape index (κ3) is 4.35. The Balaban J connectivity index is 2.53. The quantitative estimate of drug-likeness (QED) is 0.847. The fourth-order valence-corrected chi connectivity index (χ4v) is 1.79. The largest absolute Gasteiger partial charge is 0.327 e. The van der Waals surface area contributed by atoms with Crippen molar-refractivity contribution in [1.82, 2.24) is 9.88 Å². The second-order valence-corrected chi connectivity index (χ2v) is 5.29. The van der Waals surface area contributed by atoms with E-state index in [0.29, 0.717) is 5.92 Å². The molecule has 18 heavy (non-hydrogen) atoms. The van der Waals surface area contributed by atoms with Gasteiger partial charge < -0.3 is 5.73 Å². The summed E-state index contributed by atoms with van der Waals surface area (Å²) >= 11 is 0. The lowest BCUT2D eigenvalue weighted by Gasteiger charge is -2.27. The smallest absolute Gasteiger partial charge is 0.141 e. The van der Waals surface area contributed by atoms with Crippen molar-refractivity contribution in [3.8, 4) is 0 Å². The summed E-state index contributed by atoms with van der Waals surface area (Å²) in [5.41, 5.74) is 6.93. The van der Waals surface area contributed by atoms with Crippen molar-refractivity contribution in [2.24, 2.45) is 11.7 Å². The highest BCUT2D eigenvalue weighted by molar-refractivity contribution is 5.14. The second kappa shape index (κ2) is 6.81. The fraction of sp³-hybridized carbons (Fsp3) is 0.643. The van der Waals surface area contributed by atoms with Gasteiger partial charge in [0.2, 0.25) is 0 Å². The maximum absolute atomic E-state index is 13.1. The Hall–Kier alpha value is -1.00. The van der Waals surface area contributed by atoms with Crippen LogP contribution in [0.1, 0.15) is 38.8 Å². The molecule has 0 amide bonds. The van der Waals surface area contributed by atoms with E-state index in [1.165, 1.54) is 12.3 Å². The molecule has 0 saturated heterocycles. The van der Waals surface area contributed by atoms with Gasteiger partial charge in [0.25, 0.3) is 0 Å². The first-order valence-corrected chi connectivity index (χ1v) is 6.48. The predicted molar refractivity (Wildman–Crippen MR) is 72.7 cm³/mol. The van der Waals surface area contributed by atoms with Crippen molar-refractivity contribution in [3.63, 3.8) is 0 Å². The second-order valence-electron chi connectivity index (χ2n) is 5.29. The first-order valence-electron chi connectivity index (χ1n) is 6.48. The van der Waals surface area contributed by atoms with Crippen LogP contribution in [0.4, 0.5) is 4.39 Å². The summed E-state index contributed by atoms with van der Waals surface area (Å²) in [4.78, 5) is 6.06. The Morgan fingerprint density at radius 2 is 2.00 bits per heavy atom. The molecule has 0 aromatic carbocycles. The van der Waals surface area contributed by atoms with Crippen LogP contribution in [0.2, 0.25) is 0 Å². The molecule has 2 N–H and O–H groups in total. The molecule has 4 heteroatoms. The standard InChI is InChI=1S/C14H24FN3/c1-10(2)14(16)5-6-18(4)11(3)12-7-13(15)9-17-8-12/h7-11,14H,5-6,16H2,1-4H3. The van der Waals surface area contributed by atoms with Crippen LogP contribution in [0.25, 0.3) is 0 Å². The molecule has 2 atom stereocenters. The topological polar surface area (TPSA) is 42.1 Å². The summed E-state index contributed by atoms with van der Waals surface area (Å²) < 4.78 is 13.1. The van der Waals surface area contributed by atoms with E-state index in [9.17, 15) is 4.39 Å². The van der Waals surface area contributed by atoms with E-state index in [-0.39, 0.29) is 17.9 Å². The zero-order chi connectivity index (χ0) is 13.7. The molecule has 1 aromatic heterocycles. The van der Waals surface area contributed by atoms with Gasteiger partial charge in [0.05, 0.1) is 6.20 Å². The summed E-state index contributed by atoms with van der Waals surface area (Å²) in [7, 11) is 2.03. The Morgan fingerprint density at radius 1 is 1.33 bits per heavy atom. The normalized spacial score (nSPS) is 15.1. The van der Waals surface area contributed by atoms with Crippen molar-refractivity contribution < 1.29 is 4.39 Å². The van der Waals surface area contributed by atoms with E-state index in [1.54, 1.807) is 6.20 Å². The van der Waals surface area contributed by atoms with Crippen LogP contribution in [0.15, 0.2) is 18.5 Å². The molecule has 0 aliphatic heterocycles. The van der Waals surface area contributed by atoms with E-state index in [1.807, 2.05) is 7.05 Å². The molecule has 102 valence electrons. The van der Waals surface area contributed by atoms with Gasteiger partial charge in [-0.15, -0.1) is 0 Å². The molecule has 0 fully saturated rings. The minimum absolute atomic E-state index is 0.146. The number of nitrogens with zero attached hydrogens (tertiary/aromatic N) is 2. The first-order chi connectivity index (χ1) is 8.41. The summed E-state index contributed by atoms with van der Waals surface area (Å²) in [5, 5.41) is 0. The molecule has 0 bridgehead atoms. The van der Waals surface area contributed by atoms with Crippen LogP contribution in [-0.2, 0) is 0 Å². The van der Waals surface area contributed by atoms with Gasteiger partial charge >= 0.3 is 0 Å². The number of hydrogen-bond acceptors (Lipinski definition) is 3. The van der Waals surface area contributed by atoms with E-state index in [0.717, 1.165) is 18.5 Å². The van der Waals surface area contributed by atoms with E-state index < -0.39 is 0 Å². The summed E-state index contributed by atoms with van der Waals surface area (Å²) in [5.74, 6) is 0.205. The van der Waals surface area contributed by atoms with Gasteiger partial charge in [-0.05, 0) is 44.5 Å². The average molecular weight is 253 g/mol. The van der Waals surface area contributed by atoms with Gasteiger partial charge in [0.15, 0.2) is 0 Å². The van der Waals surface area contributed by atoms with Crippen LogP contribution < -0.4 is 5.73 Å². The highest BCUT2D eigenvalue weighted by Gasteiger charge is 2.15. The molecule has 1 rings (SSSR count). The number of rotatable bonds is 6. The molecule has 3 nitrogen and oxygen atoms in total. The Kier molecular flexibility index (Phi) is 5.69. The van der Waals surface area contributed by atoms with Gasteiger partial charge in [0, 0.05) is 18.3 Å². The number of hydrogen-bond donors (Lipinski definition) is 1. The van der Waals surface area contributed by atoms with E-state index in [2.05, 4.69) is 30.7 Å². The molecule has 0 aliphatic rings. The van der Waals surface area contributed by atoms with Crippen molar-refractivity contribution in [1.29, 1.82) is 0 Å². The average Bonchev–Trinajstić information content (AvgIpc) is 2.34. The van der Waals surface area contributed by atoms with Crippen molar-refractivity contribution in [2.45, 2.75) is 39.3 Å². The lowest BCUT2D eigenvalue weighted by molar-refractivity contribution is 0.242. The molecule has 1 heterocycles. The number of halogens is 1. The third-order valence-corrected chi connectivity index (χ3v) is 3.54. The first kappa shape index (κ1) is 15.1. The molecule has 0 saturated carbocycles. The number of nitrogens with two attached hydrogens (primary N) is 1. The molecule has 1 aromatic rings. The van der Waals surface area contributed by atoms with Crippen molar-refractivity contribution >= 4 is 0 Å². The van der Waals surface area contributed by atoms with Crippen molar-refractivity contribution in [2.75, 3.05) is 13.6 Å². The highest BCUT2D eigenvalue weighted by Crippen LogP contribution is 2.19. The molecule has 0 spiro atoms. The summed E-state index contributed by atoms with van der Waals surface area (Å²) in [6, 6.07) is 1.90. The van der Waals surface area contributed by atoms with Gasteiger partial charge in [-0.1, -0.05) is 13.8 Å². The minimum atomic E-state index is -0.286. The maximum Gasteiger partial charge on any atom is 0.141 e. The van der Waals surface area contributed by atoms with Crippen LogP contribution >= 0.6 is 0 Å². The van der Waals surface area contributed by atoms with Crippen LogP contribution in [0.5, 0.6) is 0 Å². The molecular formula is C14H24FN3. The zero-order valence-electron chi connectivity index (χ0n) is 11.7. The van der Waals surface area contributed by atoms with Gasteiger partial charge in [-0.2, -0.15) is 0 Å².